The summed E-state index contributed by atoms with van der Waals surface area (Å²) in [5, 5.41) is 9.05. The minimum Gasteiger partial charge on any atom is -0.396 e. The molecule has 0 aromatic rings. The molecule has 2 aliphatic carbocycles. The van der Waals surface area contributed by atoms with E-state index in [1.54, 1.807) is 4.90 Å². The van der Waals surface area contributed by atoms with E-state index in [4.69, 9.17) is 15.8 Å². The van der Waals surface area contributed by atoms with Crippen LogP contribution in [0.4, 0.5) is 0 Å². The molecule has 0 aromatic heterocycles. The van der Waals surface area contributed by atoms with Gasteiger partial charge in [-0.2, -0.15) is 0 Å². The van der Waals surface area contributed by atoms with Crippen molar-refractivity contribution in [1.82, 2.24) is 4.90 Å². The number of hydrogen-bond donors (Lipinski definition) is 2. The zero-order valence-corrected chi connectivity index (χ0v) is 17.0. The lowest BCUT2D eigenvalue weighted by Crippen LogP contribution is -2.46. The Bertz CT molecular complexity index is 510. The highest BCUT2D eigenvalue weighted by Gasteiger charge is 2.48. The summed E-state index contributed by atoms with van der Waals surface area (Å²) in [4.78, 5) is 20.0. The van der Waals surface area contributed by atoms with Gasteiger partial charge in [-0.15, -0.1) is 0 Å². The SMILES string of the molecule is NC1=N[C@](CCC2CCCCC2)(CC2CCCCC2)C(=O)N1CCCCO. The number of guanidine groups is 1. The maximum absolute atomic E-state index is 13.4. The van der Waals surface area contributed by atoms with Crippen molar-refractivity contribution in [2.45, 2.75) is 102 Å². The molecule has 5 nitrogen and oxygen atoms in total. The van der Waals surface area contributed by atoms with E-state index >= 15 is 0 Å². The molecule has 2 saturated carbocycles. The van der Waals surface area contributed by atoms with E-state index in [0.29, 0.717) is 24.8 Å². The first-order valence-corrected chi connectivity index (χ1v) is 11.4. The first kappa shape index (κ1) is 20.6. The molecule has 2 fully saturated rings. The Kier molecular flexibility index (Phi) is 7.57. The van der Waals surface area contributed by atoms with Crippen LogP contribution in [0.1, 0.15) is 96.3 Å². The van der Waals surface area contributed by atoms with Crippen molar-refractivity contribution in [3.05, 3.63) is 0 Å². The van der Waals surface area contributed by atoms with Gasteiger partial charge in [-0.25, -0.2) is 4.99 Å². The number of nitrogens with two attached hydrogens (primary N) is 1. The first-order valence-electron chi connectivity index (χ1n) is 11.4. The molecule has 0 spiro atoms. The normalized spacial score (nSPS) is 28.0. The first-order chi connectivity index (χ1) is 13.1. The summed E-state index contributed by atoms with van der Waals surface area (Å²) in [5.74, 6) is 1.93. The van der Waals surface area contributed by atoms with E-state index < -0.39 is 5.54 Å². The summed E-state index contributed by atoms with van der Waals surface area (Å²) in [6, 6.07) is 0. The summed E-state index contributed by atoms with van der Waals surface area (Å²) in [7, 11) is 0. The van der Waals surface area contributed by atoms with Crippen LogP contribution >= 0.6 is 0 Å². The van der Waals surface area contributed by atoms with Gasteiger partial charge in [-0.1, -0.05) is 64.2 Å². The van der Waals surface area contributed by atoms with E-state index in [1.165, 1.54) is 64.2 Å². The molecule has 1 heterocycles. The number of carbonyl (C=O) groups excluding carboxylic acids is 1. The monoisotopic (exact) mass is 377 g/mol. The van der Waals surface area contributed by atoms with Crippen molar-refractivity contribution in [3.8, 4) is 0 Å². The van der Waals surface area contributed by atoms with Crippen LogP contribution in [0.2, 0.25) is 0 Å². The second-order valence-electron chi connectivity index (χ2n) is 9.14. The van der Waals surface area contributed by atoms with E-state index in [0.717, 1.165) is 31.6 Å². The van der Waals surface area contributed by atoms with Gasteiger partial charge in [0.15, 0.2) is 5.96 Å². The van der Waals surface area contributed by atoms with Crippen molar-refractivity contribution in [2.24, 2.45) is 22.6 Å². The lowest BCUT2D eigenvalue weighted by Gasteiger charge is -2.33. The zero-order valence-electron chi connectivity index (χ0n) is 17.0. The van der Waals surface area contributed by atoms with Gasteiger partial charge in [-0.3, -0.25) is 9.69 Å². The van der Waals surface area contributed by atoms with Crippen LogP contribution in [0.25, 0.3) is 0 Å². The maximum Gasteiger partial charge on any atom is 0.257 e. The molecule has 5 heteroatoms. The highest BCUT2D eigenvalue weighted by Crippen LogP contribution is 2.40. The molecule has 27 heavy (non-hydrogen) atoms. The third-order valence-electron chi connectivity index (χ3n) is 7.08. The predicted octanol–water partition coefficient (Wildman–Crippen LogP) is 3.99. The van der Waals surface area contributed by atoms with Crippen LogP contribution in [0.3, 0.4) is 0 Å². The number of rotatable bonds is 9. The average molecular weight is 378 g/mol. The molecule has 3 rings (SSSR count). The van der Waals surface area contributed by atoms with Crippen LogP contribution < -0.4 is 5.73 Å². The molecule has 1 amide bonds. The van der Waals surface area contributed by atoms with Gasteiger partial charge in [0, 0.05) is 13.2 Å². The van der Waals surface area contributed by atoms with Gasteiger partial charge in [-0.05, 0) is 43.9 Å². The largest absolute Gasteiger partial charge is 0.396 e. The fraction of sp³-hybridized carbons (Fsp3) is 0.909. The van der Waals surface area contributed by atoms with Gasteiger partial charge in [0.05, 0.1) is 0 Å². The van der Waals surface area contributed by atoms with Gasteiger partial charge >= 0.3 is 0 Å². The summed E-state index contributed by atoms with van der Waals surface area (Å²) < 4.78 is 0. The Morgan fingerprint density at radius 1 is 1.00 bits per heavy atom. The van der Waals surface area contributed by atoms with Crippen molar-refractivity contribution in [3.63, 3.8) is 0 Å². The average Bonchev–Trinajstić information content (AvgIpc) is 2.92. The Morgan fingerprint density at radius 3 is 2.26 bits per heavy atom. The van der Waals surface area contributed by atoms with Gasteiger partial charge < -0.3 is 10.8 Å². The van der Waals surface area contributed by atoms with Gasteiger partial charge in [0.1, 0.15) is 5.54 Å². The van der Waals surface area contributed by atoms with Crippen molar-refractivity contribution in [1.29, 1.82) is 0 Å². The summed E-state index contributed by atoms with van der Waals surface area (Å²) in [6.07, 6.45) is 17.4. The number of amides is 1. The summed E-state index contributed by atoms with van der Waals surface area (Å²) in [6.45, 7) is 0.749. The van der Waals surface area contributed by atoms with Crippen LogP contribution in [-0.2, 0) is 4.79 Å². The lowest BCUT2D eigenvalue weighted by molar-refractivity contribution is -0.132. The number of aliphatic imine (C=N–C) groups is 1. The molecular weight excluding hydrogens is 338 g/mol. The highest BCUT2D eigenvalue weighted by atomic mass is 16.3. The van der Waals surface area contributed by atoms with Crippen molar-refractivity contribution in [2.75, 3.05) is 13.2 Å². The second kappa shape index (κ2) is 9.90. The Morgan fingerprint density at radius 2 is 1.63 bits per heavy atom. The van der Waals surface area contributed by atoms with E-state index in [1.807, 2.05) is 0 Å². The molecule has 0 bridgehead atoms. The predicted molar refractivity (Wildman–Crippen MR) is 109 cm³/mol. The van der Waals surface area contributed by atoms with E-state index in [-0.39, 0.29) is 12.5 Å². The molecule has 1 atom stereocenters. The minimum atomic E-state index is -0.608. The smallest absolute Gasteiger partial charge is 0.257 e. The molecule has 0 aromatic carbocycles. The summed E-state index contributed by atoms with van der Waals surface area (Å²) >= 11 is 0. The molecule has 3 aliphatic rings. The van der Waals surface area contributed by atoms with Gasteiger partial charge in [0.25, 0.3) is 5.91 Å². The minimum absolute atomic E-state index is 0.138. The van der Waals surface area contributed by atoms with Crippen LogP contribution in [0, 0.1) is 11.8 Å². The fourth-order valence-electron chi connectivity index (χ4n) is 5.47. The highest BCUT2D eigenvalue weighted by molar-refractivity contribution is 6.06. The molecule has 1 aliphatic heterocycles. The topological polar surface area (TPSA) is 78.9 Å². The number of aliphatic hydroxyl groups excluding tert-OH is 1. The Hall–Kier alpha value is -1.10. The summed E-state index contributed by atoms with van der Waals surface area (Å²) in [5.41, 5.74) is 5.63. The van der Waals surface area contributed by atoms with Crippen LogP contribution in [0.15, 0.2) is 4.99 Å². The van der Waals surface area contributed by atoms with Crippen LogP contribution in [0.5, 0.6) is 0 Å². The Labute approximate surface area is 164 Å². The zero-order chi connectivity index (χ0) is 19.1. The molecule has 0 radical (unpaired) electrons. The second-order valence-corrected chi connectivity index (χ2v) is 9.14. The third kappa shape index (κ3) is 5.24. The lowest BCUT2D eigenvalue weighted by atomic mass is 9.75. The Balaban J connectivity index is 1.69. The van der Waals surface area contributed by atoms with Crippen molar-refractivity contribution < 1.29 is 9.90 Å². The molecule has 154 valence electrons. The van der Waals surface area contributed by atoms with E-state index in [2.05, 4.69) is 0 Å². The van der Waals surface area contributed by atoms with Crippen LogP contribution in [-0.4, -0.2) is 40.6 Å². The quantitative estimate of drug-likeness (QED) is 0.596. The van der Waals surface area contributed by atoms with E-state index in [9.17, 15) is 4.79 Å². The number of aliphatic hydroxyl groups is 1. The number of hydrogen-bond acceptors (Lipinski definition) is 4. The number of carbonyl (C=O) groups is 1. The molecule has 0 unspecified atom stereocenters. The molecule has 3 N–H and O–H groups in total. The number of nitrogens with zero attached hydrogens (tertiary/aromatic N) is 2. The molecular formula is C22H39N3O2. The third-order valence-corrected chi connectivity index (χ3v) is 7.08. The molecule has 0 saturated heterocycles. The maximum atomic E-state index is 13.4. The fourth-order valence-corrected chi connectivity index (χ4v) is 5.47. The van der Waals surface area contributed by atoms with Crippen molar-refractivity contribution >= 4 is 11.9 Å². The van der Waals surface area contributed by atoms with Gasteiger partial charge in [0.2, 0.25) is 0 Å². The standard InChI is InChI=1S/C22H39N3O2/c23-21-24-22(17-19-11-5-2-6-12-19,14-13-18-9-3-1-4-10-18)20(27)25(21)15-7-8-16-26/h18-19,26H,1-17H2,(H2,23,24)/t22-/m1/s1. The number of unbranched alkanes of at least 4 members (excludes halogenated alkanes) is 1.